The average Bonchev–Trinajstić information content (AvgIpc) is 2.95. The number of nitrogens with zero attached hydrogens (tertiary/aromatic N) is 3. The Hall–Kier alpha value is -1.69. The fraction of sp³-hybridized carbons (Fsp3) is 0.176. The van der Waals surface area contributed by atoms with Crippen molar-refractivity contribution in [2.75, 3.05) is 7.11 Å². The van der Waals surface area contributed by atoms with Gasteiger partial charge in [0.1, 0.15) is 5.75 Å². The van der Waals surface area contributed by atoms with Gasteiger partial charge in [-0.3, -0.25) is 0 Å². The number of rotatable bonds is 5. The minimum Gasteiger partial charge on any atom is -0.496 e. The molecule has 0 N–H and O–H groups in total. The number of halogens is 2. The Kier molecular flexibility index (Phi) is 5.33. The molecular weight excluding hydrogens is 365 g/mol. The highest BCUT2D eigenvalue weighted by Crippen LogP contribution is 2.33. The average molecular weight is 380 g/mol. The zero-order valence-corrected chi connectivity index (χ0v) is 15.5. The van der Waals surface area contributed by atoms with Crippen molar-refractivity contribution in [3.05, 3.63) is 58.1 Å². The van der Waals surface area contributed by atoms with E-state index in [4.69, 9.17) is 27.9 Å². The predicted octanol–water partition coefficient (Wildman–Crippen LogP) is 5.09. The van der Waals surface area contributed by atoms with E-state index in [9.17, 15) is 0 Å². The van der Waals surface area contributed by atoms with Gasteiger partial charge in [0.15, 0.2) is 11.0 Å². The number of thioether (sulfide) groups is 1. The van der Waals surface area contributed by atoms with Gasteiger partial charge in [0.05, 0.1) is 12.7 Å². The summed E-state index contributed by atoms with van der Waals surface area (Å²) in [7, 11) is 3.54. The van der Waals surface area contributed by atoms with Crippen LogP contribution in [0.1, 0.15) is 5.56 Å². The third-order valence-electron chi connectivity index (χ3n) is 3.55. The second-order valence-corrected chi connectivity index (χ2v) is 6.88. The van der Waals surface area contributed by atoms with Crippen LogP contribution in [0.3, 0.4) is 0 Å². The summed E-state index contributed by atoms with van der Waals surface area (Å²) >= 11 is 13.9. The van der Waals surface area contributed by atoms with Crippen LogP contribution in [0.15, 0.2) is 47.6 Å². The second-order valence-electron chi connectivity index (χ2n) is 5.09. The molecule has 0 saturated carbocycles. The van der Waals surface area contributed by atoms with E-state index in [2.05, 4.69) is 10.2 Å². The number of ether oxygens (including phenoxy) is 1. The normalized spacial score (nSPS) is 10.8. The van der Waals surface area contributed by atoms with Crippen LogP contribution in [-0.2, 0) is 12.8 Å². The SMILES string of the molecule is COc1ccc(Cl)cc1-c1nnc(SCc2ccccc2Cl)n1C. The highest BCUT2D eigenvalue weighted by Gasteiger charge is 2.16. The topological polar surface area (TPSA) is 39.9 Å². The fourth-order valence-corrected chi connectivity index (χ4v) is 3.66. The second kappa shape index (κ2) is 7.47. The molecule has 0 aliphatic rings. The van der Waals surface area contributed by atoms with Crippen LogP contribution >= 0.6 is 35.0 Å². The van der Waals surface area contributed by atoms with Crippen molar-refractivity contribution < 1.29 is 4.74 Å². The van der Waals surface area contributed by atoms with Gasteiger partial charge in [-0.1, -0.05) is 53.2 Å². The minimum atomic E-state index is 0.624. The zero-order valence-electron chi connectivity index (χ0n) is 13.2. The first kappa shape index (κ1) is 17.1. The molecule has 7 heteroatoms. The van der Waals surface area contributed by atoms with Gasteiger partial charge < -0.3 is 9.30 Å². The first-order chi connectivity index (χ1) is 11.6. The van der Waals surface area contributed by atoms with Crippen LogP contribution in [0, 0.1) is 0 Å². The number of hydrogen-bond donors (Lipinski definition) is 0. The van der Waals surface area contributed by atoms with E-state index in [0.29, 0.717) is 16.6 Å². The first-order valence-electron chi connectivity index (χ1n) is 7.19. The third kappa shape index (κ3) is 3.53. The monoisotopic (exact) mass is 379 g/mol. The van der Waals surface area contributed by atoms with E-state index in [1.165, 1.54) is 0 Å². The number of aromatic nitrogens is 3. The Balaban J connectivity index is 1.87. The summed E-state index contributed by atoms with van der Waals surface area (Å²) in [6, 6.07) is 13.2. The van der Waals surface area contributed by atoms with E-state index in [-0.39, 0.29) is 0 Å². The van der Waals surface area contributed by atoms with Crippen molar-refractivity contribution in [3.8, 4) is 17.1 Å². The summed E-state index contributed by atoms with van der Waals surface area (Å²) in [5.74, 6) is 2.13. The van der Waals surface area contributed by atoms with Crippen molar-refractivity contribution >= 4 is 35.0 Å². The van der Waals surface area contributed by atoms with E-state index in [0.717, 1.165) is 27.1 Å². The molecule has 2 aromatic carbocycles. The molecule has 0 bridgehead atoms. The van der Waals surface area contributed by atoms with E-state index in [1.54, 1.807) is 24.9 Å². The number of hydrogen-bond acceptors (Lipinski definition) is 4. The molecule has 0 fully saturated rings. The van der Waals surface area contributed by atoms with Crippen LogP contribution in [0.4, 0.5) is 0 Å². The van der Waals surface area contributed by atoms with Crippen LogP contribution < -0.4 is 4.74 Å². The third-order valence-corrected chi connectivity index (χ3v) is 5.22. The van der Waals surface area contributed by atoms with Gasteiger partial charge in [0.25, 0.3) is 0 Å². The first-order valence-corrected chi connectivity index (χ1v) is 8.94. The van der Waals surface area contributed by atoms with E-state index in [1.807, 2.05) is 48.0 Å². The molecule has 4 nitrogen and oxygen atoms in total. The summed E-state index contributed by atoms with van der Waals surface area (Å²) in [6.07, 6.45) is 0. The summed E-state index contributed by atoms with van der Waals surface area (Å²) in [5.41, 5.74) is 1.87. The van der Waals surface area contributed by atoms with Gasteiger partial charge in [0.2, 0.25) is 0 Å². The maximum Gasteiger partial charge on any atom is 0.191 e. The maximum atomic E-state index is 6.20. The molecule has 0 spiro atoms. The lowest BCUT2D eigenvalue weighted by atomic mass is 10.2. The Morgan fingerprint density at radius 1 is 1.12 bits per heavy atom. The van der Waals surface area contributed by atoms with Gasteiger partial charge in [-0.05, 0) is 29.8 Å². The van der Waals surface area contributed by atoms with Crippen LogP contribution in [-0.4, -0.2) is 21.9 Å². The van der Waals surface area contributed by atoms with Gasteiger partial charge in [-0.25, -0.2) is 0 Å². The zero-order chi connectivity index (χ0) is 17.1. The molecule has 3 aromatic rings. The summed E-state index contributed by atoms with van der Waals surface area (Å²) < 4.78 is 7.33. The Bertz CT molecular complexity index is 867. The quantitative estimate of drug-likeness (QED) is 0.578. The molecular formula is C17H15Cl2N3OS. The maximum absolute atomic E-state index is 6.20. The highest BCUT2D eigenvalue weighted by molar-refractivity contribution is 7.98. The molecule has 124 valence electrons. The van der Waals surface area contributed by atoms with Crippen molar-refractivity contribution in [2.45, 2.75) is 10.9 Å². The van der Waals surface area contributed by atoms with Crippen molar-refractivity contribution in [1.82, 2.24) is 14.8 Å². The van der Waals surface area contributed by atoms with Gasteiger partial charge in [0, 0.05) is 22.8 Å². The molecule has 1 aromatic heterocycles. The van der Waals surface area contributed by atoms with E-state index >= 15 is 0 Å². The van der Waals surface area contributed by atoms with Crippen molar-refractivity contribution in [2.24, 2.45) is 7.05 Å². The molecule has 0 amide bonds. The summed E-state index contributed by atoms with van der Waals surface area (Å²) in [4.78, 5) is 0. The Morgan fingerprint density at radius 3 is 2.67 bits per heavy atom. The molecule has 1 heterocycles. The summed E-state index contributed by atoms with van der Waals surface area (Å²) in [5, 5.41) is 10.7. The molecule has 3 rings (SSSR count). The Labute approximate surface area is 154 Å². The van der Waals surface area contributed by atoms with Gasteiger partial charge in [-0.15, -0.1) is 10.2 Å². The summed E-state index contributed by atoms with van der Waals surface area (Å²) in [6.45, 7) is 0. The highest BCUT2D eigenvalue weighted by atomic mass is 35.5. The molecule has 0 unspecified atom stereocenters. The standard InChI is InChI=1S/C17H15Cl2N3OS/c1-22-16(13-9-12(18)7-8-15(13)23-2)20-21-17(22)24-10-11-5-3-4-6-14(11)19/h3-9H,10H2,1-2H3. The number of methoxy groups -OCH3 is 1. The van der Waals surface area contributed by atoms with E-state index < -0.39 is 0 Å². The molecule has 0 aliphatic heterocycles. The molecule has 0 aliphatic carbocycles. The lowest BCUT2D eigenvalue weighted by Gasteiger charge is -2.09. The van der Waals surface area contributed by atoms with Crippen LogP contribution in [0.2, 0.25) is 10.0 Å². The van der Waals surface area contributed by atoms with Crippen LogP contribution in [0.25, 0.3) is 11.4 Å². The van der Waals surface area contributed by atoms with Crippen LogP contribution in [0.5, 0.6) is 5.75 Å². The fourth-order valence-electron chi connectivity index (χ4n) is 2.29. The lowest BCUT2D eigenvalue weighted by molar-refractivity contribution is 0.416. The lowest BCUT2D eigenvalue weighted by Crippen LogP contribution is -1.97. The molecule has 0 atom stereocenters. The minimum absolute atomic E-state index is 0.624. The van der Waals surface area contributed by atoms with Gasteiger partial charge in [-0.2, -0.15) is 0 Å². The molecule has 24 heavy (non-hydrogen) atoms. The van der Waals surface area contributed by atoms with Crippen molar-refractivity contribution in [3.63, 3.8) is 0 Å². The predicted molar refractivity (Wildman–Crippen MR) is 99.0 cm³/mol. The van der Waals surface area contributed by atoms with Gasteiger partial charge >= 0.3 is 0 Å². The van der Waals surface area contributed by atoms with Crippen molar-refractivity contribution in [1.29, 1.82) is 0 Å². The largest absolute Gasteiger partial charge is 0.496 e. The number of benzene rings is 2. The molecule has 0 radical (unpaired) electrons. The molecule has 0 saturated heterocycles. The Morgan fingerprint density at radius 2 is 1.92 bits per heavy atom. The smallest absolute Gasteiger partial charge is 0.191 e.